The van der Waals surface area contributed by atoms with E-state index in [0.29, 0.717) is 25.7 Å². The van der Waals surface area contributed by atoms with Gasteiger partial charge in [-0.15, -0.1) is 30.6 Å². The topological polar surface area (TPSA) is 57.2 Å². The first-order chi connectivity index (χ1) is 11.4. The van der Waals surface area contributed by atoms with E-state index in [1.54, 1.807) is 20.2 Å². The van der Waals surface area contributed by atoms with Crippen LogP contribution < -0.4 is 10.1 Å². The van der Waals surface area contributed by atoms with Crippen LogP contribution in [0.3, 0.4) is 0 Å². The van der Waals surface area contributed by atoms with Gasteiger partial charge < -0.3 is 19.9 Å². The van der Waals surface area contributed by atoms with Gasteiger partial charge in [-0.25, -0.2) is 4.99 Å². The molecule has 0 unspecified atom stereocenters. The highest BCUT2D eigenvalue weighted by atomic mass is 127. The minimum Gasteiger partial charge on any atom is -0.492 e. The highest BCUT2D eigenvalue weighted by Crippen LogP contribution is 2.11. The van der Waals surface area contributed by atoms with Crippen molar-refractivity contribution in [2.75, 3.05) is 47.4 Å². The Kier molecular flexibility index (Phi) is 11.7. The van der Waals surface area contributed by atoms with Crippen molar-refractivity contribution < 1.29 is 9.53 Å². The summed E-state index contributed by atoms with van der Waals surface area (Å²) in [6.45, 7) is 7.59. The molecule has 0 aliphatic carbocycles. The van der Waals surface area contributed by atoms with Crippen molar-refractivity contribution in [1.29, 1.82) is 0 Å². The molecular formula is C18H29IN4O2. The summed E-state index contributed by atoms with van der Waals surface area (Å²) < 4.78 is 5.73. The van der Waals surface area contributed by atoms with Crippen molar-refractivity contribution >= 4 is 35.8 Å². The molecule has 0 atom stereocenters. The second kappa shape index (κ2) is 12.6. The molecule has 7 heteroatoms. The van der Waals surface area contributed by atoms with Gasteiger partial charge in [0.2, 0.25) is 5.91 Å². The van der Waals surface area contributed by atoms with E-state index in [4.69, 9.17) is 4.74 Å². The van der Waals surface area contributed by atoms with Crippen LogP contribution in [0.2, 0.25) is 0 Å². The Morgan fingerprint density at radius 2 is 1.92 bits per heavy atom. The molecule has 0 fully saturated rings. The molecular weight excluding hydrogens is 431 g/mol. The van der Waals surface area contributed by atoms with E-state index in [0.717, 1.165) is 5.75 Å². The molecule has 1 rings (SSSR count). The third-order valence-electron chi connectivity index (χ3n) is 3.35. The fourth-order valence-electron chi connectivity index (χ4n) is 1.80. The number of nitrogens with one attached hydrogen (secondary N) is 1. The Bertz CT molecular complexity index is 559. The SMILES string of the molecule is C=CCNC(=NCC(=O)N(C)C)N(C)CCOc1ccc(C)cc1.I. The Labute approximate surface area is 168 Å². The molecule has 0 radical (unpaired) electrons. The van der Waals surface area contributed by atoms with Crippen molar-refractivity contribution in [3.05, 3.63) is 42.5 Å². The molecule has 0 aliphatic heterocycles. The lowest BCUT2D eigenvalue weighted by molar-refractivity contribution is -0.127. The van der Waals surface area contributed by atoms with Crippen molar-refractivity contribution in [2.24, 2.45) is 4.99 Å². The Hall–Kier alpha value is -1.77. The predicted octanol–water partition coefficient (Wildman–Crippen LogP) is 2.14. The van der Waals surface area contributed by atoms with Gasteiger partial charge in [0, 0.05) is 27.7 Å². The van der Waals surface area contributed by atoms with Gasteiger partial charge in [-0.1, -0.05) is 23.8 Å². The molecule has 0 aliphatic rings. The molecule has 0 heterocycles. The number of aryl methyl sites for hydroxylation is 1. The minimum absolute atomic E-state index is 0. The average Bonchev–Trinajstić information content (AvgIpc) is 2.56. The van der Waals surface area contributed by atoms with E-state index in [2.05, 4.69) is 16.9 Å². The fourth-order valence-corrected chi connectivity index (χ4v) is 1.80. The maximum absolute atomic E-state index is 11.7. The molecule has 0 saturated carbocycles. The van der Waals surface area contributed by atoms with Crippen molar-refractivity contribution in [2.45, 2.75) is 6.92 Å². The third-order valence-corrected chi connectivity index (χ3v) is 3.35. The maximum Gasteiger partial charge on any atom is 0.243 e. The lowest BCUT2D eigenvalue weighted by Crippen LogP contribution is -2.41. The Morgan fingerprint density at radius 1 is 1.28 bits per heavy atom. The first-order valence-electron chi connectivity index (χ1n) is 7.94. The van der Waals surface area contributed by atoms with Crippen LogP contribution in [0.4, 0.5) is 0 Å². The quantitative estimate of drug-likeness (QED) is 0.280. The number of benzene rings is 1. The molecule has 0 bridgehead atoms. The average molecular weight is 460 g/mol. The molecule has 0 aromatic heterocycles. The lowest BCUT2D eigenvalue weighted by atomic mass is 10.2. The molecule has 25 heavy (non-hydrogen) atoms. The molecule has 1 aromatic carbocycles. The van der Waals surface area contributed by atoms with E-state index in [-0.39, 0.29) is 36.4 Å². The van der Waals surface area contributed by atoms with E-state index in [9.17, 15) is 4.79 Å². The summed E-state index contributed by atoms with van der Waals surface area (Å²) in [5.74, 6) is 1.45. The van der Waals surface area contributed by atoms with E-state index >= 15 is 0 Å². The van der Waals surface area contributed by atoms with Crippen LogP contribution in [-0.4, -0.2) is 69.1 Å². The largest absolute Gasteiger partial charge is 0.492 e. The van der Waals surface area contributed by atoms with E-state index < -0.39 is 0 Å². The summed E-state index contributed by atoms with van der Waals surface area (Å²) in [5.41, 5.74) is 1.20. The zero-order valence-corrected chi connectivity index (χ0v) is 17.8. The molecule has 6 nitrogen and oxygen atoms in total. The number of amides is 1. The fraction of sp³-hybridized carbons (Fsp3) is 0.444. The number of likely N-dealkylation sites (N-methyl/N-ethyl adjacent to an activating group) is 2. The number of ether oxygens (including phenoxy) is 1. The number of carbonyl (C=O) groups excluding carboxylic acids is 1. The van der Waals surface area contributed by atoms with Gasteiger partial charge in [0.25, 0.3) is 0 Å². The van der Waals surface area contributed by atoms with E-state index in [1.165, 1.54) is 10.5 Å². The molecule has 1 aromatic rings. The number of carbonyl (C=O) groups is 1. The number of aliphatic imine (C=N–C) groups is 1. The summed E-state index contributed by atoms with van der Waals surface area (Å²) in [6.07, 6.45) is 1.75. The molecule has 1 amide bonds. The number of halogens is 1. The van der Waals surface area contributed by atoms with Crippen LogP contribution in [0, 0.1) is 6.92 Å². The lowest BCUT2D eigenvalue weighted by Gasteiger charge is -2.22. The normalized spacial score (nSPS) is 10.5. The van der Waals surface area contributed by atoms with Gasteiger partial charge in [0.15, 0.2) is 5.96 Å². The van der Waals surface area contributed by atoms with E-state index in [1.807, 2.05) is 43.1 Å². The second-order valence-corrected chi connectivity index (χ2v) is 5.68. The van der Waals surface area contributed by atoms with Crippen LogP contribution in [-0.2, 0) is 4.79 Å². The van der Waals surface area contributed by atoms with Crippen LogP contribution in [0.5, 0.6) is 5.75 Å². The zero-order chi connectivity index (χ0) is 17.9. The smallest absolute Gasteiger partial charge is 0.243 e. The van der Waals surface area contributed by atoms with Crippen molar-refractivity contribution in [1.82, 2.24) is 15.1 Å². The molecule has 1 N–H and O–H groups in total. The van der Waals surface area contributed by atoms with Gasteiger partial charge in [0.1, 0.15) is 18.9 Å². The summed E-state index contributed by atoms with van der Waals surface area (Å²) in [7, 11) is 5.34. The van der Waals surface area contributed by atoms with Crippen LogP contribution in [0.15, 0.2) is 41.9 Å². The maximum atomic E-state index is 11.7. The van der Waals surface area contributed by atoms with Gasteiger partial charge in [-0.3, -0.25) is 4.79 Å². The van der Waals surface area contributed by atoms with Crippen molar-refractivity contribution in [3.8, 4) is 5.75 Å². The second-order valence-electron chi connectivity index (χ2n) is 5.68. The number of guanidine groups is 1. The Balaban J connectivity index is 0.00000576. The van der Waals surface area contributed by atoms with Crippen LogP contribution >= 0.6 is 24.0 Å². The minimum atomic E-state index is -0.0443. The number of hydrogen-bond acceptors (Lipinski definition) is 3. The first kappa shape index (κ1) is 23.2. The standard InChI is InChI=1S/C18H28N4O2.HI/c1-6-11-19-18(20-14-17(23)21(3)4)22(5)12-13-24-16-9-7-15(2)8-10-16;/h6-10H,1,11-14H2,2-5H3,(H,19,20);1H. The summed E-state index contributed by atoms with van der Waals surface area (Å²) in [5, 5.41) is 3.15. The summed E-state index contributed by atoms with van der Waals surface area (Å²) in [4.78, 5) is 19.5. The third kappa shape index (κ3) is 9.33. The van der Waals surface area contributed by atoms with Gasteiger partial charge >= 0.3 is 0 Å². The predicted molar refractivity (Wildman–Crippen MR) is 114 cm³/mol. The summed E-state index contributed by atoms with van der Waals surface area (Å²) in [6, 6.07) is 7.95. The summed E-state index contributed by atoms with van der Waals surface area (Å²) >= 11 is 0. The zero-order valence-electron chi connectivity index (χ0n) is 15.5. The van der Waals surface area contributed by atoms with Gasteiger partial charge in [-0.05, 0) is 19.1 Å². The number of nitrogens with zero attached hydrogens (tertiary/aromatic N) is 3. The molecule has 140 valence electrons. The highest BCUT2D eigenvalue weighted by molar-refractivity contribution is 14.0. The highest BCUT2D eigenvalue weighted by Gasteiger charge is 2.08. The number of hydrogen-bond donors (Lipinski definition) is 1. The Morgan fingerprint density at radius 3 is 2.48 bits per heavy atom. The van der Waals surface area contributed by atoms with Crippen LogP contribution in [0.25, 0.3) is 0 Å². The first-order valence-corrected chi connectivity index (χ1v) is 7.94. The molecule has 0 saturated heterocycles. The van der Waals surface area contributed by atoms with Gasteiger partial charge in [-0.2, -0.15) is 0 Å². The van der Waals surface area contributed by atoms with Crippen molar-refractivity contribution in [3.63, 3.8) is 0 Å². The molecule has 0 spiro atoms. The van der Waals surface area contributed by atoms with Gasteiger partial charge in [0.05, 0.1) is 6.54 Å². The number of rotatable bonds is 8. The monoisotopic (exact) mass is 460 g/mol. The van der Waals surface area contributed by atoms with Crippen LogP contribution in [0.1, 0.15) is 5.56 Å².